The van der Waals surface area contributed by atoms with Gasteiger partial charge in [-0.05, 0) is 0 Å². The quantitative estimate of drug-likeness (QED) is 0.381. The lowest BCUT2D eigenvalue weighted by atomic mass is 10.4. The van der Waals surface area contributed by atoms with Gasteiger partial charge in [-0.25, -0.2) is 0 Å². The third-order valence-corrected chi connectivity index (χ3v) is 0.796. The van der Waals surface area contributed by atoms with E-state index in [0.717, 1.165) is 0 Å². The molecule has 0 saturated carbocycles. The highest BCUT2D eigenvalue weighted by atomic mass is 16.5. The van der Waals surface area contributed by atoms with Crippen LogP contribution in [0.25, 0.3) is 0 Å². The fraction of sp³-hybridized carbons (Fsp3) is 0.400. The van der Waals surface area contributed by atoms with Crippen molar-refractivity contribution in [3.05, 3.63) is 0 Å². The summed E-state index contributed by atoms with van der Waals surface area (Å²) in [4.78, 5) is 29.5. The second kappa shape index (κ2) is 4.29. The van der Waals surface area contributed by atoms with Crippen molar-refractivity contribution in [2.75, 3.05) is 6.61 Å². The van der Waals surface area contributed by atoms with Crippen LogP contribution in [-0.4, -0.2) is 30.6 Å². The van der Waals surface area contributed by atoms with Gasteiger partial charge < -0.3 is 34.4 Å². The molecule has 0 aliphatic carbocycles. The lowest BCUT2D eigenvalue weighted by Crippen LogP contribution is -2.50. The Hall–Kier alpha value is -1.63. The molecule has 0 saturated heterocycles. The van der Waals surface area contributed by atoms with Crippen LogP contribution in [0.1, 0.15) is 0 Å². The molecule has 0 spiro atoms. The topological polar surface area (TPSA) is 130 Å². The van der Waals surface area contributed by atoms with Crippen LogP contribution in [0.4, 0.5) is 0 Å². The molecule has 68 valence electrons. The Morgan fingerprint density at radius 2 is 1.50 bits per heavy atom. The van der Waals surface area contributed by atoms with Gasteiger partial charge in [-0.1, -0.05) is 0 Å². The number of rotatable bonds is 5. The van der Waals surface area contributed by atoms with Crippen molar-refractivity contribution < 1.29 is 34.4 Å². The molecule has 0 aromatic rings. The van der Waals surface area contributed by atoms with Gasteiger partial charge in [0.15, 0.2) is 0 Å². The normalized spacial score (nSPS) is 9.75. The van der Waals surface area contributed by atoms with Crippen molar-refractivity contribution in [3.8, 4) is 0 Å². The smallest absolute Gasteiger partial charge is 0.137 e. The van der Waals surface area contributed by atoms with Crippen LogP contribution in [-0.2, 0) is 19.1 Å². The number of aliphatic carboxylic acids is 3. The Morgan fingerprint density at radius 3 is 1.75 bits per heavy atom. The van der Waals surface area contributed by atoms with Crippen molar-refractivity contribution in [3.63, 3.8) is 0 Å². The van der Waals surface area contributed by atoms with E-state index in [4.69, 9.17) is 0 Å². The number of ether oxygens (including phenoxy) is 1. The summed E-state index contributed by atoms with van der Waals surface area (Å²) in [5.41, 5.74) is 0. The number of carboxylic acids is 3. The van der Waals surface area contributed by atoms with Crippen LogP contribution >= 0.6 is 0 Å². The maximum Gasteiger partial charge on any atom is 0.137 e. The monoisotopic (exact) mass is 175 g/mol. The minimum Gasteiger partial charge on any atom is -0.548 e. The molecule has 0 atom stereocenters. The number of carboxylic acid groups (broad SMARTS) is 3. The van der Waals surface area contributed by atoms with Crippen molar-refractivity contribution in [2.45, 2.75) is 6.10 Å². The molecule has 0 amide bonds. The van der Waals surface area contributed by atoms with Gasteiger partial charge in [-0.15, -0.1) is 0 Å². The van der Waals surface area contributed by atoms with Crippen LogP contribution in [0.15, 0.2) is 0 Å². The van der Waals surface area contributed by atoms with Gasteiger partial charge in [-0.2, -0.15) is 0 Å². The SMILES string of the molecule is O=C([O-])COC(C(=O)[O-])C(=O)[O-]. The number of carbonyl (C=O) groups excluding carboxylic acids is 3. The first-order valence-electron chi connectivity index (χ1n) is 2.68. The number of hydrogen-bond acceptors (Lipinski definition) is 7. The molecular weight excluding hydrogens is 172 g/mol. The van der Waals surface area contributed by atoms with E-state index in [1.54, 1.807) is 0 Å². The summed E-state index contributed by atoms with van der Waals surface area (Å²) < 4.78 is 3.84. The Balaban J connectivity index is 4.06. The summed E-state index contributed by atoms with van der Waals surface area (Å²) in [6.45, 7) is -1.15. The first-order valence-corrected chi connectivity index (χ1v) is 2.68. The van der Waals surface area contributed by atoms with Crippen LogP contribution in [0.2, 0.25) is 0 Å². The molecule has 0 rings (SSSR count). The van der Waals surface area contributed by atoms with Gasteiger partial charge in [0.05, 0.1) is 24.5 Å². The van der Waals surface area contributed by atoms with Gasteiger partial charge in [0.1, 0.15) is 6.10 Å². The molecule has 0 N–H and O–H groups in total. The zero-order valence-corrected chi connectivity index (χ0v) is 5.64. The summed E-state index contributed by atoms with van der Waals surface area (Å²) in [5, 5.41) is 29.5. The Kier molecular flexibility index (Phi) is 3.71. The highest BCUT2D eigenvalue weighted by Gasteiger charge is 2.10. The lowest BCUT2D eigenvalue weighted by Gasteiger charge is -2.19. The van der Waals surface area contributed by atoms with E-state index in [9.17, 15) is 29.7 Å². The fourth-order valence-electron chi connectivity index (χ4n) is 0.384. The molecule has 0 aliphatic rings. The third-order valence-electron chi connectivity index (χ3n) is 0.796. The molecule has 0 aliphatic heterocycles. The predicted octanol–water partition coefficient (Wildman–Crippen LogP) is -5.38. The summed E-state index contributed by atoms with van der Waals surface area (Å²) >= 11 is 0. The van der Waals surface area contributed by atoms with E-state index in [1.165, 1.54) is 0 Å². The van der Waals surface area contributed by atoms with Gasteiger partial charge in [0, 0.05) is 0 Å². The lowest BCUT2D eigenvalue weighted by molar-refractivity contribution is -0.341. The van der Waals surface area contributed by atoms with Crippen LogP contribution in [0, 0.1) is 0 Å². The van der Waals surface area contributed by atoms with Gasteiger partial charge in [-0.3, -0.25) is 0 Å². The van der Waals surface area contributed by atoms with Crippen LogP contribution in [0.5, 0.6) is 0 Å². The van der Waals surface area contributed by atoms with Crippen molar-refractivity contribution in [1.82, 2.24) is 0 Å². The predicted molar refractivity (Wildman–Crippen MR) is 24.8 cm³/mol. The maximum absolute atomic E-state index is 9.88. The first-order chi connectivity index (χ1) is 5.45. The van der Waals surface area contributed by atoms with Crippen LogP contribution < -0.4 is 15.3 Å². The first kappa shape index (κ1) is 10.4. The minimum absolute atomic E-state index is 1.15. The van der Waals surface area contributed by atoms with Gasteiger partial charge in [0.2, 0.25) is 0 Å². The summed E-state index contributed by atoms with van der Waals surface area (Å²) in [5.74, 6) is -5.88. The Labute approximate surface area is 66.2 Å². The number of hydrogen-bond donors (Lipinski definition) is 0. The summed E-state index contributed by atoms with van der Waals surface area (Å²) in [6.07, 6.45) is -2.39. The fourth-order valence-corrected chi connectivity index (χ4v) is 0.384. The second-order valence-corrected chi connectivity index (χ2v) is 1.70. The number of carbonyl (C=O) groups is 3. The molecule has 0 aromatic carbocycles. The molecule has 0 radical (unpaired) electrons. The average molecular weight is 175 g/mol. The van der Waals surface area contributed by atoms with Gasteiger partial charge in [0.25, 0.3) is 0 Å². The van der Waals surface area contributed by atoms with E-state index >= 15 is 0 Å². The average Bonchev–Trinajstić information content (AvgIpc) is 1.84. The molecule has 0 unspecified atom stereocenters. The third kappa shape index (κ3) is 3.52. The van der Waals surface area contributed by atoms with E-state index in [-0.39, 0.29) is 0 Å². The van der Waals surface area contributed by atoms with E-state index in [1.807, 2.05) is 0 Å². The standard InChI is InChI=1S/C5H6O7/c6-2(7)1-12-3(4(8)9)5(10)11/h3H,1H2,(H,6,7)(H,8,9)(H,10,11)/p-3. The van der Waals surface area contributed by atoms with Crippen LogP contribution in [0.3, 0.4) is 0 Å². The zero-order valence-electron chi connectivity index (χ0n) is 5.64. The molecule has 7 heteroatoms. The molecule has 0 fully saturated rings. The molecule has 0 bridgehead atoms. The Bertz CT molecular complexity index is 194. The van der Waals surface area contributed by atoms with Crippen molar-refractivity contribution in [2.24, 2.45) is 0 Å². The van der Waals surface area contributed by atoms with E-state index < -0.39 is 30.6 Å². The van der Waals surface area contributed by atoms with E-state index in [0.29, 0.717) is 0 Å². The minimum atomic E-state index is -2.39. The van der Waals surface area contributed by atoms with E-state index in [2.05, 4.69) is 4.74 Å². The molecule has 12 heavy (non-hydrogen) atoms. The molecule has 0 heterocycles. The van der Waals surface area contributed by atoms with Gasteiger partial charge >= 0.3 is 0 Å². The highest BCUT2D eigenvalue weighted by molar-refractivity contribution is 5.94. The second-order valence-electron chi connectivity index (χ2n) is 1.70. The zero-order chi connectivity index (χ0) is 9.72. The van der Waals surface area contributed by atoms with Crippen molar-refractivity contribution in [1.29, 1.82) is 0 Å². The Morgan fingerprint density at radius 1 is 1.08 bits per heavy atom. The molecular formula is C5H3O7-3. The summed E-state index contributed by atoms with van der Waals surface area (Å²) in [7, 11) is 0. The molecule has 0 aromatic heterocycles. The van der Waals surface area contributed by atoms with Crippen molar-refractivity contribution >= 4 is 17.9 Å². The largest absolute Gasteiger partial charge is 0.548 e. The molecule has 7 nitrogen and oxygen atoms in total. The summed E-state index contributed by atoms with van der Waals surface area (Å²) in [6, 6.07) is 0. The maximum atomic E-state index is 9.88. The highest BCUT2D eigenvalue weighted by Crippen LogP contribution is 1.87.